The van der Waals surface area contributed by atoms with E-state index in [1.54, 1.807) is 50.4 Å². The monoisotopic (exact) mass is 1150 g/mol. The largest absolute Gasteiger partial charge is 0.480 e. The average molecular weight is 1150 g/mol. The Morgan fingerprint density at radius 3 is 1.48 bits per heavy atom. The topological polar surface area (TPSA) is 397 Å². The molecular formula is C53H92N12O12S2. The van der Waals surface area contributed by atoms with Crippen molar-refractivity contribution in [1.82, 2.24) is 47.9 Å². The second kappa shape index (κ2) is 38.2. The SMILES string of the molecule is CSCC[C@H](NC(=O)[C@H](C)NC(=O)[C@@H](NC(=O)[C@@H](NC(=O)[C@H](N)CCCCN)C(C)C)[C@@H](C)O)C(=O)N[C@@H](CCCCN)C(=O)N[C@@H](CS)C(=O)N[C@@H](Cc1ccccc1)C(=O)N[C@@H](CC(C)C)C(=O)N[C@@H](CC(C)C)C(=O)O. The fraction of sp³-hybridized carbons (Fsp3) is 0.698. The van der Waals surface area contributed by atoms with Crippen LogP contribution in [0.3, 0.4) is 0 Å². The van der Waals surface area contributed by atoms with Crippen molar-refractivity contribution < 1.29 is 58.2 Å². The smallest absolute Gasteiger partial charge is 0.326 e. The molecule has 0 aromatic heterocycles. The van der Waals surface area contributed by atoms with E-state index in [-0.39, 0.29) is 56.2 Å². The van der Waals surface area contributed by atoms with Crippen LogP contribution in [0.5, 0.6) is 0 Å². The van der Waals surface area contributed by atoms with Crippen molar-refractivity contribution in [2.24, 2.45) is 35.0 Å². The van der Waals surface area contributed by atoms with Crippen LogP contribution in [0.4, 0.5) is 0 Å². The summed E-state index contributed by atoms with van der Waals surface area (Å²) in [5.74, 6) is -8.73. The number of hydrogen-bond acceptors (Lipinski definition) is 16. The number of thioether (sulfide) groups is 1. The molecule has 0 bridgehead atoms. The Kier molecular flexibility index (Phi) is 34.5. The summed E-state index contributed by atoms with van der Waals surface area (Å²) in [5, 5.41) is 43.8. The summed E-state index contributed by atoms with van der Waals surface area (Å²) < 4.78 is 0. The highest BCUT2D eigenvalue weighted by atomic mass is 32.2. The minimum atomic E-state index is -1.58. The fourth-order valence-electron chi connectivity index (χ4n) is 8.03. The molecule has 0 heterocycles. The molecule has 11 atom stereocenters. The zero-order valence-corrected chi connectivity index (χ0v) is 49.1. The molecule has 0 aliphatic rings. The molecule has 0 saturated carbocycles. The predicted molar refractivity (Wildman–Crippen MR) is 307 cm³/mol. The van der Waals surface area contributed by atoms with Gasteiger partial charge >= 0.3 is 5.97 Å². The average Bonchev–Trinajstić information content (AvgIpc) is 3.38. The third kappa shape index (κ3) is 27.5. The van der Waals surface area contributed by atoms with Crippen molar-refractivity contribution in [2.45, 2.75) is 186 Å². The molecule has 0 fully saturated rings. The van der Waals surface area contributed by atoms with Gasteiger partial charge in [0, 0.05) is 12.2 Å². The second-order valence-corrected chi connectivity index (χ2v) is 22.3. The van der Waals surface area contributed by atoms with Gasteiger partial charge in [0.25, 0.3) is 0 Å². The number of aliphatic hydroxyl groups excluding tert-OH is 1. The lowest BCUT2D eigenvalue weighted by atomic mass is 9.99. The molecular weight excluding hydrogens is 1060 g/mol. The van der Waals surface area contributed by atoms with Gasteiger partial charge in [-0.3, -0.25) is 43.2 Å². The number of hydrogen-bond donors (Lipinski definition) is 15. The minimum absolute atomic E-state index is 0.0416. The van der Waals surface area contributed by atoms with Crippen LogP contribution in [0, 0.1) is 17.8 Å². The van der Waals surface area contributed by atoms with E-state index >= 15 is 0 Å². The Hall–Kier alpha value is -5.54. The molecule has 448 valence electrons. The summed E-state index contributed by atoms with van der Waals surface area (Å²) >= 11 is 5.71. The molecule has 0 aliphatic carbocycles. The van der Waals surface area contributed by atoms with E-state index in [0.29, 0.717) is 50.0 Å². The molecule has 24 nitrogen and oxygen atoms in total. The van der Waals surface area contributed by atoms with Gasteiger partial charge in [0.05, 0.1) is 12.1 Å². The number of amides is 9. The number of carboxylic acid groups (broad SMARTS) is 1. The standard InChI is InChI=1S/C53H92N12O12S2/c1-29(2)25-38(48(71)62-40(53(76)77)26-30(3)4)60-49(72)39(27-34-17-11-10-12-18-34)61-50(73)41(28-78)63-46(69)36(20-14-16-23-55)59-47(70)37(21-24-79-9)58-44(67)32(7)57-52(75)43(33(8)66)65-51(74)42(31(5)6)64-45(68)35(56)19-13-15-22-54/h10-12,17-18,29-33,35-43,66,78H,13-16,19-28,54-56H2,1-9H3,(H,57,75)(H,58,67)(H,59,70)(H,60,72)(H,61,73)(H,62,71)(H,63,69)(H,64,68)(H,65,74)(H,76,77)/t32-,33+,35+,36-,37-,38-,39-,40-,41-,42-,43-/m0/s1. The zero-order chi connectivity index (χ0) is 59.9. The van der Waals surface area contributed by atoms with Crippen LogP contribution < -0.4 is 65.1 Å². The van der Waals surface area contributed by atoms with Gasteiger partial charge in [-0.25, -0.2) is 4.79 Å². The summed E-state index contributed by atoms with van der Waals surface area (Å²) in [6, 6.07) is -3.79. The number of benzene rings is 1. The summed E-state index contributed by atoms with van der Waals surface area (Å²) in [4.78, 5) is 136. The number of rotatable bonds is 39. The van der Waals surface area contributed by atoms with Gasteiger partial charge in [-0.2, -0.15) is 24.4 Å². The van der Waals surface area contributed by atoms with Crippen LogP contribution >= 0.6 is 24.4 Å². The molecule has 1 aromatic rings. The number of carbonyl (C=O) groups excluding carboxylic acids is 9. The molecule has 0 aliphatic heterocycles. The first kappa shape index (κ1) is 71.5. The quantitative estimate of drug-likeness (QED) is 0.0280. The van der Waals surface area contributed by atoms with E-state index in [1.165, 1.54) is 25.6 Å². The van der Waals surface area contributed by atoms with E-state index in [1.807, 2.05) is 27.7 Å². The number of nitrogens with two attached hydrogens (primary N) is 3. The van der Waals surface area contributed by atoms with Gasteiger partial charge in [0.2, 0.25) is 53.2 Å². The van der Waals surface area contributed by atoms with Crippen LogP contribution in [0.1, 0.15) is 119 Å². The van der Waals surface area contributed by atoms with Gasteiger partial charge in [-0.05, 0) is 114 Å². The van der Waals surface area contributed by atoms with Gasteiger partial charge in [0.15, 0.2) is 0 Å². The lowest BCUT2D eigenvalue weighted by Crippen LogP contribution is -2.62. The van der Waals surface area contributed by atoms with Gasteiger partial charge in [0.1, 0.15) is 54.4 Å². The van der Waals surface area contributed by atoms with E-state index in [0.717, 1.165) is 0 Å². The van der Waals surface area contributed by atoms with Crippen molar-refractivity contribution in [3.05, 3.63) is 35.9 Å². The zero-order valence-electron chi connectivity index (χ0n) is 47.4. The first-order valence-corrected chi connectivity index (χ1v) is 29.2. The fourth-order valence-corrected chi connectivity index (χ4v) is 8.75. The summed E-state index contributed by atoms with van der Waals surface area (Å²) in [7, 11) is 0. The van der Waals surface area contributed by atoms with Crippen molar-refractivity contribution >= 4 is 83.5 Å². The minimum Gasteiger partial charge on any atom is -0.480 e. The number of nitrogens with one attached hydrogen (secondary N) is 9. The van der Waals surface area contributed by atoms with Crippen molar-refractivity contribution in [3.8, 4) is 0 Å². The molecule has 1 aromatic carbocycles. The lowest BCUT2D eigenvalue weighted by Gasteiger charge is -2.28. The van der Waals surface area contributed by atoms with Crippen molar-refractivity contribution in [1.29, 1.82) is 0 Å². The van der Waals surface area contributed by atoms with Crippen molar-refractivity contribution in [3.63, 3.8) is 0 Å². The van der Waals surface area contributed by atoms with Crippen LogP contribution in [-0.4, -0.2) is 167 Å². The number of aliphatic hydroxyl groups is 1. The number of thiol groups is 1. The first-order valence-electron chi connectivity index (χ1n) is 27.1. The van der Waals surface area contributed by atoms with Gasteiger partial charge < -0.3 is 75.3 Å². The number of unbranched alkanes of at least 4 members (excludes halogenated alkanes) is 2. The van der Waals surface area contributed by atoms with E-state index in [9.17, 15) is 58.2 Å². The Labute approximate surface area is 475 Å². The van der Waals surface area contributed by atoms with Crippen molar-refractivity contribution in [2.75, 3.05) is 30.9 Å². The Morgan fingerprint density at radius 2 is 0.962 bits per heavy atom. The molecule has 0 unspecified atom stereocenters. The number of carbonyl (C=O) groups is 10. The Balaban J connectivity index is 3.35. The highest BCUT2D eigenvalue weighted by molar-refractivity contribution is 7.98. The molecule has 17 N–H and O–H groups in total. The normalized spacial score (nSPS) is 15.6. The first-order chi connectivity index (χ1) is 37.2. The molecule has 0 radical (unpaired) electrons. The van der Waals surface area contributed by atoms with Crippen LogP contribution in [0.15, 0.2) is 30.3 Å². The lowest BCUT2D eigenvalue weighted by molar-refractivity contribution is -0.143. The van der Waals surface area contributed by atoms with Crippen LogP contribution in [0.25, 0.3) is 0 Å². The third-order valence-corrected chi connectivity index (χ3v) is 13.6. The maximum atomic E-state index is 14.1. The van der Waals surface area contributed by atoms with Crippen LogP contribution in [-0.2, 0) is 54.4 Å². The maximum absolute atomic E-state index is 14.1. The van der Waals surface area contributed by atoms with E-state index in [4.69, 9.17) is 17.2 Å². The molecule has 0 saturated heterocycles. The number of carboxylic acids is 1. The summed E-state index contributed by atoms with van der Waals surface area (Å²) in [6.07, 6.45) is 3.12. The molecule has 79 heavy (non-hydrogen) atoms. The summed E-state index contributed by atoms with van der Waals surface area (Å²) in [6.45, 7) is 13.9. The number of aliphatic carboxylic acids is 1. The van der Waals surface area contributed by atoms with E-state index in [2.05, 4.69) is 60.5 Å². The van der Waals surface area contributed by atoms with Crippen LogP contribution in [0.2, 0.25) is 0 Å². The van der Waals surface area contributed by atoms with E-state index < -0.39 is 132 Å². The molecule has 26 heteroatoms. The highest BCUT2D eigenvalue weighted by Crippen LogP contribution is 2.13. The van der Waals surface area contributed by atoms with Gasteiger partial charge in [-0.15, -0.1) is 0 Å². The Morgan fingerprint density at radius 1 is 0.519 bits per heavy atom. The highest BCUT2D eigenvalue weighted by Gasteiger charge is 2.36. The molecule has 1 rings (SSSR count). The second-order valence-electron chi connectivity index (χ2n) is 21.0. The Bertz CT molecular complexity index is 2110. The molecule has 9 amide bonds. The van der Waals surface area contributed by atoms with Gasteiger partial charge in [-0.1, -0.05) is 78.3 Å². The third-order valence-electron chi connectivity index (χ3n) is 12.6. The summed E-state index contributed by atoms with van der Waals surface area (Å²) in [5.41, 5.74) is 18.0. The maximum Gasteiger partial charge on any atom is 0.326 e. The molecule has 0 spiro atoms. The predicted octanol–water partition coefficient (Wildman–Crippen LogP) is -0.906.